The van der Waals surface area contributed by atoms with Crippen molar-refractivity contribution in [3.05, 3.63) is 70.4 Å². The first-order valence-electron chi connectivity index (χ1n) is 9.08. The normalized spacial score (nSPS) is 14.5. The highest BCUT2D eigenvalue weighted by molar-refractivity contribution is 6.27. The number of fused-ring (bicyclic) bond motifs is 3. The minimum atomic E-state index is -0.689. The summed E-state index contributed by atoms with van der Waals surface area (Å²) < 4.78 is 5.20. The van der Waals surface area contributed by atoms with Gasteiger partial charge < -0.3 is 9.72 Å². The van der Waals surface area contributed by atoms with Gasteiger partial charge in [0.1, 0.15) is 6.61 Å². The van der Waals surface area contributed by atoms with E-state index >= 15 is 0 Å². The predicted octanol–water partition coefficient (Wildman–Crippen LogP) is 3.69. The molecule has 0 radical (unpaired) electrons. The third-order valence-corrected chi connectivity index (χ3v) is 5.38. The van der Waals surface area contributed by atoms with Crippen LogP contribution in [0, 0.1) is 13.8 Å². The molecule has 0 fully saturated rings. The van der Waals surface area contributed by atoms with Gasteiger partial charge in [0, 0.05) is 24.0 Å². The Labute approximate surface area is 162 Å². The molecule has 1 atom stereocenters. The van der Waals surface area contributed by atoms with Crippen molar-refractivity contribution in [3.8, 4) is 0 Å². The fourth-order valence-electron chi connectivity index (χ4n) is 3.88. The number of carbonyl (C=O) groups excluding carboxylic acids is 3. The number of hydrogen-bond acceptors (Lipinski definition) is 4. The van der Waals surface area contributed by atoms with Crippen molar-refractivity contribution in [2.45, 2.75) is 26.8 Å². The summed E-state index contributed by atoms with van der Waals surface area (Å²) in [6, 6.07) is 10.3. The van der Waals surface area contributed by atoms with Crippen LogP contribution in [-0.2, 0) is 9.53 Å². The van der Waals surface area contributed by atoms with E-state index in [0.29, 0.717) is 11.1 Å². The molecule has 3 aromatic rings. The van der Waals surface area contributed by atoms with E-state index in [-0.39, 0.29) is 18.4 Å². The molecule has 142 valence electrons. The number of aryl methyl sites for hydroxylation is 1. The Kier molecular flexibility index (Phi) is 4.26. The lowest BCUT2D eigenvalue weighted by Gasteiger charge is -2.26. The third kappa shape index (κ3) is 2.60. The van der Waals surface area contributed by atoms with Gasteiger partial charge in [-0.05, 0) is 36.6 Å². The van der Waals surface area contributed by atoms with Crippen molar-refractivity contribution in [2.24, 2.45) is 0 Å². The minimum absolute atomic E-state index is 0.0842. The standard InChI is InChI=1S/C22H20N2O4/c1-12-13(2)20-16(9-10-23-20)19-18(12)21(26)24(22(19)27)17(11-28-14(3)25)15-7-5-4-6-8-15/h4-10,17,23H,11H2,1-3H3/t17-/m0/s1. The van der Waals surface area contributed by atoms with E-state index in [1.54, 1.807) is 6.20 Å². The number of ether oxygens (including phenoxy) is 1. The minimum Gasteiger partial charge on any atom is -0.463 e. The van der Waals surface area contributed by atoms with Crippen molar-refractivity contribution in [3.63, 3.8) is 0 Å². The summed E-state index contributed by atoms with van der Waals surface area (Å²) >= 11 is 0. The molecule has 2 amide bonds. The van der Waals surface area contributed by atoms with Gasteiger partial charge in [0.25, 0.3) is 11.8 Å². The second-order valence-corrected chi connectivity index (χ2v) is 6.98. The van der Waals surface area contributed by atoms with Crippen molar-refractivity contribution >= 4 is 28.7 Å². The molecule has 1 aliphatic heterocycles. The highest BCUT2D eigenvalue weighted by atomic mass is 16.5. The zero-order valence-corrected chi connectivity index (χ0v) is 15.9. The molecule has 2 aromatic carbocycles. The quantitative estimate of drug-likeness (QED) is 0.556. The maximum atomic E-state index is 13.4. The number of rotatable bonds is 4. The number of amides is 2. The predicted molar refractivity (Wildman–Crippen MR) is 104 cm³/mol. The van der Waals surface area contributed by atoms with Crippen molar-refractivity contribution in [1.29, 1.82) is 0 Å². The Morgan fingerprint density at radius 3 is 2.39 bits per heavy atom. The highest BCUT2D eigenvalue weighted by Gasteiger charge is 2.43. The molecule has 0 aliphatic carbocycles. The maximum absolute atomic E-state index is 13.4. The summed E-state index contributed by atoms with van der Waals surface area (Å²) in [5.41, 5.74) is 4.16. The summed E-state index contributed by atoms with van der Waals surface area (Å²) in [5.74, 6) is -1.18. The van der Waals surface area contributed by atoms with Gasteiger partial charge in [-0.25, -0.2) is 0 Å². The van der Waals surface area contributed by atoms with Crippen LogP contribution in [0.1, 0.15) is 50.4 Å². The number of aromatic nitrogens is 1. The van der Waals surface area contributed by atoms with Gasteiger partial charge in [-0.15, -0.1) is 0 Å². The number of nitrogens with one attached hydrogen (secondary N) is 1. The Morgan fingerprint density at radius 2 is 1.71 bits per heavy atom. The van der Waals surface area contributed by atoms with Gasteiger partial charge in [0.2, 0.25) is 0 Å². The van der Waals surface area contributed by atoms with E-state index in [1.165, 1.54) is 11.8 Å². The van der Waals surface area contributed by atoms with Crippen LogP contribution in [0.4, 0.5) is 0 Å². The van der Waals surface area contributed by atoms with E-state index in [1.807, 2.05) is 50.2 Å². The molecule has 0 saturated carbocycles. The zero-order chi connectivity index (χ0) is 20.0. The van der Waals surface area contributed by atoms with Crippen LogP contribution in [0.5, 0.6) is 0 Å². The van der Waals surface area contributed by atoms with Gasteiger partial charge in [-0.2, -0.15) is 0 Å². The smallest absolute Gasteiger partial charge is 0.302 e. The fourth-order valence-corrected chi connectivity index (χ4v) is 3.88. The second kappa shape index (κ2) is 6.64. The molecular weight excluding hydrogens is 356 g/mol. The number of H-pyrrole nitrogens is 1. The average Bonchev–Trinajstić information content (AvgIpc) is 3.25. The monoisotopic (exact) mass is 376 g/mol. The van der Waals surface area contributed by atoms with Crippen LogP contribution < -0.4 is 0 Å². The summed E-state index contributed by atoms with van der Waals surface area (Å²) in [6.07, 6.45) is 1.77. The highest BCUT2D eigenvalue weighted by Crippen LogP contribution is 2.38. The molecule has 0 spiro atoms. The largest absolute Gasteiger partial charge is 0.463 e. The van der Waals surface area contributed by atoms with Crippen LogP contribution in [0.25, 0.3) is 10.9 Å². The number of imide groups is 1. The lowest BCUT2D eigenvalue weighted by molar-refractivity contribution is -0.142. The fraction of sp³-hybridized carbons (Fsp3) is 0.227. The van der Waals surface area contributed by atoms with E-state index in [0.717, 1.165) is 27.6 Å². The van der Waals surface area contributed by atoms with Crippen LogP contribution in [0.15, 0.2) is 42.6 Å². The first kappa shape index (κ1) is 18.0. The summed E-state index contributed by atoms with van der Waals surface area (Å²) in [7, 11) is 0. The molecule has 6 nitrogen and oxygen atoms in total. The molecular formula is C22H20N2O4. The number of nitrogens with zero attached hydrogens (tertiary/aromatic N) is 1. The van der Waals surface area contributed by atoms with Crippen LogP contribution in [-0.4, -0.2) is 34.3 Å². The SMILES string of the molecule is CC(=O)OC[C@@H](c1ccccc1)N1C(=O)c2c(C)c(C)c3[nH]ccc3c2C1=O. The number of hydrogen-bond donors (Lipinski definition) is 1. The molecule has 1 aromatic heterocycles. The first-order valence-corrected chi connectivity index (χ1v) is 9.08. The van der Waals surface area contributed by atoms with Crippen LogP contribution >= 0.6 is 0 Å². The number of aromatic amines is 1. The van der Waals surface area contributed by atoms with E-state index in [9.17, 15) is 14.4 Å². The zero-order valence-electron chi connectivity index (χ0n) is 15.9. The van der Waals surface area contributed by atoms with Gasteiger partial charge in [-0.3, -0.25) is 19.3 Å². The molecule has 28 heavy (non-hydrogen) atoms. The van der Waals surface area contributed by atoms with Gasteiger partial charge in [-0.1, -0.05) is 30.3 Å². The topological polar surface area (TPSA) is 79.5 Å². The van der Waals surface area contributed by atoms with E-state index < -0.39 is 12.0 Å². The van der Waals surface area contributed by atoms with Gasteiger partial charge >= 0.3 is 5.97 Å². The van der Waals surface area contributed by atoms with Crippen molar-refractivity contribution in [2.75, 3.05) is 6.61 Å². The number of benzene rings is 2. The molecule has 1 aliphatic rings. The Morgan fingerprint density at radius 1 is 1.04 bits per heavy atom. The molecule has 4 rings (SSSR count). The molecule has 1 N–H and O–H groups in total. The number of esters is 1. The summed E-state index contributed by atoms with van der Waals surface area (Å²) in [4.78, 5) is 42.5. The Hall–Kier alpha value is -3.41. The second-order valence-electron chi connectivity index (χ2n) is 6.98. The van der Waals surface area contributed by atoms with Gasteiger partial charge in [0.15, 0.2) is 0 Å². The first-order chi connectivity index (χ1) is 13.4. The van der Waals surface area contributed by atoms with Crippen LogP contribution in [0.3, 0.4) is 0 Å². The van der Waals surface area contributed by atoms with Crippen LogP contribution in [0.2, 0.25) is 0 Å². The molecule has 2 heterocycles. The Balaban J connectivity index is 1.87. The molecule has 0 unspecified atom stereocenters. The lowest BCUT2D eigenvalue weighted by Crippen LogP contribution is -2.37. The molecule has 0 saturated heterocycles. The molecule has 0 bridgehead atoms. The summed E-state index contributed by atoms with van der Waals surface area (Å²) in [6.45, 7) is 5.01. The number of carbonyl (C=O) groups is 3. The average molecular weight is 376 g/mol. The lowest BCUT2D eigenvalue weighted by atomic mass is 9.95. The third-order valence-electron chi connectivity index (χ3n) is 5.38. The molecule has 6 heteroatoms. The Bertz CT molecular complexity index is 1110. The maximum Gasteiger partial charge on any atom is 0.302 e. The van der Waals surface area contributed by atoms with Crippen molar-refractivity contribution < 1.29 is 19.1 Å². The summed E-state index contributed by atoms with van der Waals surface area (Å²) in [5, 5.41) is 0.734. The van der Waals surface area contributed by atoms with E-state index in [4.69, 9.17) is 4.74 Å². The van der Waals surface area contributed by atoms with E-state index in [2.05, 4.69) is 4.98 Å². The van der Waals surface area contributed by atoms with Crippen molar-refractivity contribution in [1.82, 2.24) is 9.88 Å². The van der Waals surface area contributed by atoms with Gasteiger partial charge in [0.05, 0.1) is 17.2 Å².